The van der Waals surface area contributed by atoms with Crippen LogP contribution in [0.3, 0.4) is 0 Å². The van der Waals surface area contributed by atoms with Crippen molar-refractivity contribution < 1.29 is 14.0 Å². The molecule has 0 radical (unpaired) electrons. The van der Waals surface area contributed by atoms with Crippen LogP contribution < -0.4 is 21.3 Å². The van der Waals surface area contributed by atoms with Gasteiger partial charge in [-0.2, -0.15) is 0 Å². The smallest absolute Gasteiger partial charge is 0.253 e. The van der Waals surface area contributed by atoms with Crippen molar-refractivity contribution in [2.75, 3.05) is 43.5 Å². The van der Waals surface area contributed by atoms with Gasteiger partial charge in [-0.05, 0) is 49.2 Å². The molecule has 0 aliphatic carbocycles. The lowest BCUT2D eigenvalue weighted by Gasteiger charge is -2.43. The number of amides is 2. The molecule has 158 valence electrons. The number of rotatable bonds is 5. The molecule has 4 N–H and O–H groups in total. The van der Waals surface area contributed by atoms with E-state index < -0.39 is 5.54 Å². The summed E-state index contributed by atoms with van der Waals surface area (Å²) in [5, 5.41) is 5.86. The number of nitrogen functional groups attached to an aromatic ring is 1. The van der Waals surface area contributed by atoms with Crippen molar-refractivity contribution in [1.82, 2.24) is 15.5 Å². The SMILES string of the molecule is Nc1ccccc1C(=O)NCCN1CCC2(CC1)C(=O)NCN2c1ccc(F)cc1. The number of likely N-dealkylation sites (tertiary alicyclic amines) is 1. The minimum atomic E-state index is -0.601. The number of hydrogen-bond donors (Lipinski definition) is 3. The third-order valence-corrected chi connectivity index (χ3v) is 6.08. The third kappa shape index (κ3) is 3.82. The van der Waals surface area contributed by atoms with E-state index in [1.165, 1.54) is 12.1 Å². The highest BCUT2D eigenvalue weighted by Crippen LogP contribution is 2.36. The molecule has 0 atom stereocenters. The highest BCUT2D eigenvalue weighted by atomic mass is 19.1. The van der Waals surface area contributed by atoms with Gasteiger partial charge >= 0.3 is 0 Å². The molecular formula is C22H26FN5O2. The van der Waals surface area contributed by atoms with Gasteiger partial charge in [0.25, 0.3) is 5.91 Å². The summed E-state index contributed by atoms with van der Waals surface area (Å²) in [7, 11) is 0. The van der Waals surface area contributed by atoms with Crippen LogP contribution in [0.2, 0.25) is 0 Å². The van der Waals surface area contributed by atoms with E-state index in [2.05, 4.69) is 15.5 Å². The summed E-state index contributed by atoms with van der Waals surface area (Å²) in [5.41, 5.74) is 7.03. The predicted molar refractivity (Wildman–Crippen MR) is 113 cm³/mol. The number of piperidine rings is 1. The molecule has 2 fully saturated rings. The molecule has 2 aliphatic rings. The number of para-hydroxylation sites is 1. The van der Waals surface area contributed by atoms with E-state index in [4.69, 9.17) is 5.73 Å². The van der Waals surface area contributed by atoms with E-state index in [1.807, 2.05) is 4.90 Å². The number of nitrogens with one attached hydrogen (secondary N) is 2. The van der Waals surface area contributed by atoms with Crippen LogP contribution in [0.15, 0.2) is 48.5 Å². The molecule has 4 rings (SSSR count). The molecule has 2 aromatic carbocycles. The minimum Gasteiger partial charge on any atom is -0.398 e. The fraction of sp³-hybridized carbons (Fsp3) is 0.364. The van der Waals surface area contributed by atoms with Crippen molar-refractivity contribution in [2.24, 2.45) is 0 Å². The fourth-order valence-corrected chi connectivity index (χ4v) is 4.32. The predicted octanol–water partition coefficient (Wildman–Crippen LogP) is 1.57. The van der Waals surface area contributed by atoms with E-state index in [1.54, 1.807) is 36.4 Å². The molecule has 0 unspecified atom stereocenters. The summed E-state index contributed by atoms with van der Waals surface area (Å²) in [6.07, 6.45) is 1.35. The summed E-state index contributed by atoms with van der Waals surface area (Å²) < 4.78 is 13.3. The first-order valence-corrected chi connectivity index (χ1v) is 10.2. The molecule has 2 saturated heterocycles. The topological polar surface area (TPSA) is 90.7 Å². The van der Waals surface area contributed by atoms with Crippen molar-refractivity contribution in [1.29, 1.82) is 0 Å². The second kappa shape index (κ2) is 8.31. The summed E-state index contributed by atoms with van der Waals surface area (Å²) in [6, 6.07) is 13.3. The van der Waals surface area contributed by atoms with Gasteiger partial charge in [-0.1, -0.05) is 12.1 Å². The molecular weight excluding hydrogens is 385 g/mol. The number of nitrogens with zero attached hydrogens (tertiary/aromatic N) is 2. The number of nitrogens with two attached hydrogens (primary N) is 1. The van der Waals surface area contributed by atoms with Crippen LogP contribution in [-0.4, -0.2) is 55.1 Å². The van der Waals surface area contributed by atoms with E-state index >= 15 is 0 Å². The Labute approximate surface area is 175 Å². The normalized spacial score (nSPS) is 18.4. The molecule has 7 nitrogen and oxygen atoms in total. The average Bonchev–Trinajstić information content (AvgIpc) is 3.06. The van der Waals surface area contributed by atoms with E-state index in [9.17, 15) is 14.0 Å². The van der Waals surface area contributed by atoms with Gasteiger partial charge in [-0.15, -0.1) is 0 Å². The Morgan fingerprint density at radius 2 is 1.83 bits per heavy atom. The second-order valence-electron chi connectivity index (χ2n) is 7.78. The van der Waals surface area contributed by atoms with Gasteiger partial charge in [-0.3, -0.25) is 9.59 Å². The molecule has 2 aliphatic heterocycles. The van der Waals surface area contributed by atoms with Gasteiger partial charge in [0.15, 0.2) is 0 Å². The molecule has 0 saturated carbocycles. The fourth-order valence-electron chi connectivity index (χ4n) is 4.32. The van der Waals surface area contributed by atoms with E-state index in [0.29, 0.717) is 43.9 Å². The number of anilines is 2. The van der Waals surface area contributed by atoms with Gasteiger partial charge in [0.2, 0.25) is 5.91 Å². The first-order valence-electron chi connectivity index (χ1n) is 10.2. The Hall–Kier alpha value is -3.13. The minimum absolute atomic E-state index is 0.0272. The average molecular weight is 411 g/mol. The first kappa shape index (κ1) is 20.2. The summed E-state index contributed by atoms with van der Waals surface area (Å²) in [6.45, 7) is 3.13. The quantitative estimate of drug-likeness (QED) is 0.650. The van der Waals surface area contributed by atoms with Crippen LogP contribution in [0.5, 0.6) is 0 Å². The van der Waals surface area contributed by atoms with Gasteiger partial charge < -0.3 is 26.2 Å². The molecule has 0 aromatic heterocycles. The second-order valence-corrected chi connectivity index (χ2v) is 7.78. The Morgan fingerprint density at radius 1 is 1.13 bits per heavy atom. The van der Waals surface area contributed by atoms with Gasteiger partial charge in [-0.25, -0.2) is 4.39 Å². The van der Waals surface area contributed by atoms with Gasteiger partial charge in [0.05, 0.1) is 12.2 Å². The summed E-state index contributed by atoms with van der Waals surface area (Å²) in [4.78, 5) is 29.3. The van der Waals surface area contributed by atoms with Crippen LogP contribution >= 0.6 is 0 Å². The highest BCUT2D eigenvalue weighted by Gasteiger charge is 2.50. The van der Waals surface area contributed by atoms with E-state index in [-0.39, 0.29) is 17.6 Å². The number of carbonyl (C=O) groups excluding carboxylic acids is 2. The van der Waals surface area contributed by atoms with Crippen LogP contribution in [0.25, 0.3) is 0 Å². The molecule has 1 spiro atoms. The first-order chi connectivity index (χ1) is 14.5. The lowest BCUT2D eigenvalue weighted by Crippen LogP contribution is -2.57. The summed E-state index contributed by atoms with van der Waals surface area (Å²) in [5.74, 6) is -0.445. The number of hydrogen-bond acceptors (Lipinski definition) is 5. The van der Waals surface area contributed by atoms with Crippen LogP contribution in [-0.2, 0) is 4.79 Å². The standard InChI is InChI=1S/C22H26FN5O2/c23-16-5-7-17(8-6-16)28-15-26-21(30)22(28)9-12-27(13-10-22)14-11-25-20(29)18-3-1-2-4-19(18)24/h1-8H,9-15,24H2,(H,25,29)(H,26,30). The molecule has 2 heterocycles. The number of halogens is 1. The van der Waals surface area contributed by atoms with Gasteiger partial charge in [0, 0.05) is 37.6 Å². The lowest BCUT2D eigenvalue weighted by molar-refractivity contribution is -0.125. The zero-order valence-corrected chi connectivity index (χ0v) is 16.7. The number of carbonyl (C=O) groups is 2. The van der Waals surface area contributed by atoms with Crippen LogP contribution in [0, 0.1) is 5.82 Å². The maximum absolute atomic E-state index is 13.3. The molecule has 0 bridgehead atoms. The molecule has 30 heavy (non-hydrogen) atoms. The zero-order valence-electron chi connectivity index (χ0n) is 16.7. The zero-order chi connectivity index (χ0) is 21.1. The Kier molecular flexibility index (Phi) is 5.59. The van der Waals surface area contributed by atoms with Crippen molar-refractivity contribution in [3.05, 3.63) is 59.9 Å². The van der Waals surface area contributed by atoms with Crippen molar-refractivity contribution >= 4 is 23.2 Å². The Balaban J connectivity index is 1.32. The highest BCUT2D eigenvalue weighted by molar-refractivity contribution is 5.99. The Bertz CT molecular complexity index is 925. The van der Waals surface area contributed by atoms with Crippen molar-refractivity contribution in [3.8, 4) is 0 Å². The van der Waals surface area contributed by atoms with Crippen LogP contribution in [0.1, 0.15) is 23.2 Å². The molecule has 8 heteroatoms. The molecule has 2 aromatic rings. The van der Waals surface area contributed by atoms with Crippen molar-refractivity contribution in [2.45, 2.75) is 18.4 Å². The van der Waals surface area contributed by atoms with Crippen LogP contribution in [0.4, 0.5) is 15.8 Å². The maximum atomic E-state index is 13.3. The number of benzene rings is 2. The van der Waals surface area contributed by atoms with E-state index in [0.717, 1.165) is 18.8 Å². The largest absolute Gasteiger partial charge is 0.398 e. The summed E-state index contributed by atoms with van der Waals surface area (Å²) >= 11 is 0. The monoisotopic (exact) mass is 411 g/mol. The molecule has 2 amide bonds. The van der Waals surface area contributed by atoms with Gasteiger partial charge in [0.1, 0.15) is 11.4 Å². The maximum Gasteiger partial charge on any atom is 0.253 e. The Morgan fingerprint density at radius 3 is 2.53 bits per heavy atom. The third-order valence-electron chi connectivity index (χ3n) is 6.08. The lowest BCUT2D eigenvalue weighted by atomic mass is 9.85. The van der Waals surface area contributed by atoms with Crippen molar-refractivity contribution in [3.63, 3.8) is 0 Å².